The lowest BCUT2D eigenvalue weighted by Gasteiger charge is -2.13. The second-order valence-corrected chi connectivity index (χ2v) is 5.91. The van der Waals surface area contributed by atoms with Gasteiger partial charge in [-0.05, 0) is 13.0 Å². The number of halogens is 1. The number of amides is 1. The Morgan fingerprint density at radius 2 is 2.27 bits per heavy atom. The number of hydrogen-bond donors (Lipinski definition) is 3. The van der Waals surface area contributed by atoms with Crippen LogP contribution in [0.15, 0.2) is 24.3 Å². The monoisotopic (exact) mass is 382 g/mol. The summed E-state index contributed by atoms with van der Waals surface area (Å²) in [6.45, 7) is 3.15. The molecule has 2 heterocycles. The van der Waals surface area contributed by atoms with E-state index in [-0.39, 0.29) is 29.7 Å². The third kappa shape index (κ3) is 3.98. The first-order valence-electron chi connectivity index (χ1n) is 7.81. The minimum Gasteiger partial charge on any atom is -0.391 e. The van der Waals surface area contributed by atoms with Gasteiger partial charge in [0.15, 0.2) is 5.69 Å². The Hall–Kier alpha value is -2.56. The lowest BCUT2D eigenvalue weighted by molar-refractivity contribution is -0.384. The highest BCUT2D eigenvalue weighted by atomic mass is 35.5. The molecule has 140 valence electrons. The summed E-state index contributed by atoms with van der Waals surface area (Å²) in [7, 11) is 0. The van der Waals surface area contributed by atoms with Crippen LogP contribution < -0.4 is 10.6 Å². The van der Waals surface area contributed by atoms with Gasteiger partial charge in [-0.2, -0.15) is 0 Å². The summed E-state index contributed by atoms with van der Waals surface area (Å²) in [6.07, 6.45) is -0.484. The van der Waals surface area contributed by atoms with E-state index in [2.05, 4.69) is 20.9 Å². The molecule has 1 aromatic carbocycles. The number of nitro benzene ring substituents is 1. The Morgan fingerprint density at radius 3 is 2.92 bits per heavy atom. The Balaban J connectivity index is 0.00000243. The Bertz CT molecular complexity index is 811. The molecule has 1 fully saturated rings. The molecule has 2 unspecified atom stereocenters. The summed E-state index contributed by atoms with van der Waals surface area (Å²) < 4.78 is 1.38. The SMILES string of the molecule is Cc1c(C(=O)NCC2CNCC2O)nnn1-c1cccc([N+](=O)[O-])c1.Cl. The van der Waals surface area contributed by atoms with E-state index in [4.69, 9.17) is 0 Å². The molecule has 1 aromatic heterocycles. The zero-order valence-electron chi connectivity index (χ0n) is 14.0. The van der Waals surface area contributed by atoms with Gasteiger partial charge in [0.25, 0.3) is 11.6 Å². The van der Waals surface area contributed by atoms with Gasteiger partial charge in [0.1, 0.15) is 0 Å². The predicted octanol–water partition coefficient (Wildman–Crippen LogP) is 0.216. The van der Waals surface area contributed by atoms with Crippen molar-refractivity contribution in [3.8, 4) is 5.69 Å². The maximum atomic E-state index is 12.3. The quantitative estimate of drug-likeness (QED) is 0.497. The standard InChI is InChI=1S/C15H18N6O4.ClH/c1-9-14(15(23)17-7-10-6-16-8-13(10)22)18-19-20(9)11-3-2-4-12(5-11)21(24)25;/h2-5,10,13,16,22H,6-8H2,1H3,(H,17,23);1H. The molecule has 0 spiro atoms. The first-order valence-corrected chi connectivity index (χ1v) is 7.81. The molecule has 3 rings (SSSR count). The number of nitro groups is 1. The maximum absolute atomic E-state index is 12.3. The highest BCUT2D eigenvalue weighted by molar-refractivity contribution is 5.93. The van der Waals surface area contributed by atoms with Crippen LogP contribution in [0.1, 0.15) is 16.2 Å². The zero-order valence-corrected chi connectivity index (χ0v) is 14.8. The number of carbonyl (C=O) groups excluding carboxylic acids is 1. The molecular weight excluding hydrogens is 364 g/mol. The predicted molar refractivity (Wildman–Crippen MR) is 94.7 cm³/mol. The molecule has 0 radical (unpaired) electrons. The molecule has 0 saturated carbocycles. The van der Waals surface area contributed by atoms with Crippen LogP contribution >= 0.6 is 12.4 Å². The molecule has 1 amide bonds. The average Bonchev–Trinajstić information content (AvgIpc) is 3.18. The molecular formula is C15H19ClN6O4. The van der Waals surface area contributed by atoms with Gasteiger partial charge in [0.2, 0.25) is 0 Å². The van der Waals surface area contributed by atoms with Gasteiger partial charge >= 0.3 is 0 Å². The number of carbonyl (C=O) groups is 1. The molecule has 1 saturated heterocycles. The summed E-state index contributed by atoms with van der Waals surface area (Å²) in [4.78, 5) is 22.7. The number of nitrogens with one attached hydrogen (secondary N) is 2. The Kier molecular flexibility index (Phi) is 6.24. The fourth-order valence-electron chi connectivity index (χ4n) is 2.76. The number of rotatable bonds is 5. The summed E-state index contributed by atoms with van der Waals surface area (Å²) in [5.41, 5.74) is 1.00. The fraction of sp³-hybridized carbons (Fsp3) is 0.400. The molecule has 0 bridgehead atoms. The maximum Gasteiger partial charge on any atom is 0.273 e. The van der Waals surface area contributed by atoms with Crippen molar-refractivity contribution in [1.82, 2.24) is 25.6 Å². The average molecular weight is 383 g/mol. The van der Waals surface area contributed by atoms with E-state index in [1.54, 1.807) is 19.1 Å². The van der Waals surface area contributed by atoms with Gasteiger partial charge in [-0.3, -0.25) is 14.9 Å². The summed E-state index contributed by atoms with van der Waals surface area (Å²) in [6, 6.07) is 5.94. The molecule has 0 aliphatic carbocycles. The van der Waals surface area contributed by atoms with Crippen molar-refractivity contribution >= 4 is 24.0 Å². The minimum atomic E-state index is -0.496. The number of hydrogen-bond acceptors (Lipinski definition) is 7. The van der Waals surface area contributed by atoms with Crippen molar-refractivity contribution in [2.75, 3.05) is 19.6 Å². The van der Waals surface area contributed by atoms with E-state index < -0.39 is 16.9 Å². The van der Waals surface area contributed by atoms with E-state index in [1.165, 1.54) is 16.8 Å². The highest BCUT2D eigenvalue weighted by Crippen LogP contribution is 2.18. The first kappa shape index (κ1) is 19.8. The topological polar surface area (TPSA) is 135 Å². The Labute approximate surface area is 155 Å². The van der Waals surface area contributed by atoms with Crippen molar-refractivity contribution in [2.45, 2.75) is 13.0 Å². The van der Waals surface area contributed by atoms with Gasteiger partial charge in [0, 0.05) is 37.7 Å². The number of non-ortho nitro benzene ring substituents is 1. The van der Waals surface area contributed by atoms with Gasteiger partial charge < -0.3 is 15.7 Å². The number of aliphatic hydroxyl groups excluding tert-OH is 1. The number of aromatic nitrogens is 3. The summed E-state index contributed by atoms with van der Waals surface area (Å²) in [5.74, 6) is -0.440. The van der Waals surface area contributed by atoms with E-state index in [0.717, 1.165) is 0 Å². The first-order chi connectivity index (χ1) is 12.0. The number of aliphatic hydroxyl groups is 1. The van der Waals surface area contributed by atoms with Crippen LogP contribution in [-0.4, -0.2) is 56.7 Å². The summed E-state index contributed by atoms with van der Waals surface area (Å²) >= 11 is 0. The minimum absolute atomic E-state index is 0. The van der Waals surface area contributed by atoms with Gasteiger partial charge in [-0.25, -0.2) is 4.68 Å². The smallest absolute Gasteiger partial charge is 0.273 e. The third-order valence-corrected chi connectivity index (χ3v) is 4.22. The van der Waals surface area contributed by atoms with Crippen LogP contribution in [0.5, 0.6) is 0 Å². The lowest BCUT2D eigenvalue weighted by Crippen LogP contribution is -2.34. The number of benzene rings is 1. The second kappa shape index (κ2) is 8.21. The van der Waals surface area contributed by atoms with Crippen molar-refractivity contribution in [1.29, 1.82) is 0 Å². The fourth-order valence-corrected chi connectivity index (χ4v) is 2.76. The largest absolute Gasteiger partial charge is 0.391 e. The highest BCUT2D eigenvalue weighted by Gasteiger charge is 2.26. The Morgan fingerprint density at radius 1 is 1.50 bits per heavy atom. The van der Waals surface area contributed by atoms with Crippen LogP contribution in [0.4, 0.5) is 5.69 Å². The van der Waals surface area contributed by atoms with Crippen LogP contribution in [0, 0.1) is 23.0 Å². The molecule has 1 aliphatic heterocycles. The molecule has 3 N–H and O–H groups in total. The van der Waals surface area contributed by atoms with Crippen molar-refractivity contribution < 1.29 is 14.8 Å². The van der Waals surface area contributed by atoms with Gasteiger partial charge in [0.05, 0.1) is 22.4 Å². The second-order valence-electron chi connectivity index (χ2n) is 5.91. The van der Waals surface area contributed by atoms with Gasteiger partial charge in [-0.1, -0.05) is 11.3 Å². The van der Waals surface area contributed by atoms with Crippen LogP contribution in [0.25, 0.3) is 5.69 Å². The molecule has 10 nitrogen and oxygen atoms in total. The zero-order chi connectivity index (χ0) is 18.0. The van der Waals surface area contributed by atoms with E-state index in [1.807, 2.05) is 0 Å². The van der Waals surface area contributed by atoms with Crippen molar-refractivity contribution in [3.63, 3.8) is 0 Å². The number of nitrogens with zero attached hydrogens (tertiary/aromatic N) is 4. The van der Waals surface area contributed by atoms with Crippen LogP contribution in [-0.2, 0) is 0 Å². The molecule has 11 heteroatoms. The van der Waals surface area contributed by atoms with E-state index in [0.29, 0.717) is 31.0 Å². The lowest BCUT2D eigenvalue weighted by atomic mass is 10.1. The number of β-amino-alcohol motifs (C(OH)–C–C–N with tert-alkyl or cyclic N) is 1. The van der Waals surface area contributed by atoms with Crippen LogP contribution in [0.3, 0.4) is 0 Å². The van der Waals surface area contributed by atoms with E-state index >= 15 is 0 Å². The molecule has 2 aromatic rings. The third-order valence-electron chi connectivity index (χ3n) is 4.22. The molecule has 1 aliphatic rings. The van der Waals surface area contributed by atoms with Crippen molar-refractivity contribution in [3.05, 3.63) is 45.8 Å². The summed E-state index contributed by atoms with van der Waals surface area (Å²) in [5, 5.41) is 34.2. The van der Waals surface area contributed by atoms with Crippen molar-refractivity contribution in [2.24, 2.45) is 5.92 Å². The van der Waals surface area contributed by atoms with Gasteiger partial charge in [-0.15, -0.1) is 17.5 Å². The molecule has 26 heavy (non-hydrogen) atoms. The van der Waals surface area contributed by atoms with Crippen LogP contribution in [0.2, 0.25) is 0 Å². The normalized spacial score (nSPS) is 19.0. The molecule has 2 atom stereocenters. The van der Waals surface area contributed by atoms with E-state index in [9.17, 15) is 20.0 Å².